The Labute approximate surface area is 176 Å². The van der Waals surface area contributed by atoms with Crippen molar-refractivity contribution < 1.29 is 4.74 Å². The first-order valence-corrected chi connectivity index (χ1v) is 10.3. The maximum atomic E-state index is 13.2. The molecule has 0 aliphatic rings. The van der Waals surface area contributed by atoms with Gasteiger partial charge in [-0.2, -0.15) is 0 Å². The fraction of sp³-hybridized carbons (Fsp3) is 0.0417. The van der Waals surface area contributed by atoms with Crippen LogP contribution >= 0.6 is 11.3 Å². The second-order valence-electron chi connectivity index (χ2n) is 6.76. The van der Waals surface area contributed by atoms with E-state index >= 15 is 0 Å². The summed E-state index contributed by atoms with van der Waals surface area (Å²) in [7, 11) is 1.65. The van der Waals surface area contributed by atoms with E-state index in [1.807, 2.05) is 60.0 Å². The molecule has 0 unspecified atom stereocenters. The highest BCUT2D eigenvalue weighted by Crippen LogP contribution is 2.31. The molecule has 0 fully saturated rings. The number of rotatable bonds is 4. The van der Waals surface area contributed by atoms with Gasteiger partial charge in [-0.15, -0.1) is 11.3 Å². The Bertz CT molecular complexity index is 1450. The molecular formula is C24H17N3O2S. The summed E-state index contributed by atoms with van der Waals surface area (Å²) in [6.07, 6.45) is 8.87. The van der Waals surface area contributed by atoms with Crippen LogP contribution in [0, 0.1) is 0 Å². The van der Waals surface area contributed by atoms with E-state index in [0.717, 1.165) is 43.6 Å². The van der Waals surface area contributed by atoms with E-state index in [9.17, 15) is 4.79 Å². The van der Waals surface area contributed by atoms with Crippen LogP contribution in [-0.4, -0.2) is 21.6 Å². The highest BCUT2D eigenvalue weighted by molar-refractivity contribution is 7.17. The largest absolute Gasteiger partial charge is 0.497 e. The molecule has 5 nitrogen and oxygen atoms in total. The quantitative estimate of drug-likeness (QED) is 0.402. The van der Waals surface area contributed by atoms with Crippen LogP contribution in [0.15, 0.2) is 77.3 Å². The van der Waals surface area contributed by atoms with Gasteiger partial charge in [0, 0.05) is 45.8 Å². The Morgan fingerprint density at radius 2 is 1.93 bits per heavy atom. The van der Waals surface area contributed by atoms with Gasteiger partial charge >= 0.3 is 0 Å². The molecular weight excluding hydrogens is 394 g/mol. The predicted octanol–water partition coefficient (Wildman–Crippen LogP) is 5.31. The molecule has 5 rings (SSSR count). The number of hydrogen-bond acceptors (Lipinski definition) is 5. The maximum Gasteiger partial charge on any atom is 0.263 e. The maximum absolute atomic E-state index is 13.2. The van der Waals surface area contributed by atoms with Crippen molar-refractivity contribution in [3.8, 4) is 16.9 Å². The van der Waals surface area contributed by atoms with Gasteiger partial charge in [0.25, 0.3) is 5.56 Å². The lowest BCUT2D eigenvalue weighted by atomic mass is 10.1. The number of fused-ring (bicyclic) bond motifs is 2. The number of nitrogens with zero attached hydrogens (tertiary/aromatic N) is 3. The first-order valence-electron chi connectivity index (χ1n) is 9.39. The monoisotopic (exact) mass is 411 g/mol. The predicted molar refractivity (Wildman–Crippen MR) is 123 cm³/mol. The third-order valence-electron chi connectivity index (χ3n) is 4.97. The Morgan fingerprint density at radius 3 is 2.77 bits per heavy atom. The van der Waals surface area contributed by atoms with Gasteiger partial charge in [-0.1, -0.05) is 6.07 Å². The van der Waals surface area contributed by atoms with Crippen molar-refractivity contribution in [2.75, 3.05) is 7.11 Å². The molecule has 4 heterocycles. The molecule has 0 saturated heterocycles. The molecule has 0 spiro atoms. The Hall–Kier alpha value is -3.77. The van der Waals surface area contributed by atoms with Crippen molar-refractivity contribution in [2.45, 2.75) is 0 Å². The van der Waals surface area contributed by atoms with Crippen LogP contribution in [0.25, 0.3) is 44.4 Å². The number of pyridine rings is 3. The van der Waals surface area contributed by atoms with Gasteiger partial charge in [0.1, 0.15) is 5.75 Å². The fourth-order valence-electron chi connectivity index (χ4n) is 3.42. The van der Waals surface area contributed by atoms with Crippen LogP contribution in [0.3, 0.4) is 0 Å². The normalized spacial score (nSPS) is 11.5. The van der Waals surface area contributed by atoms with Crippen molar-refractivity contribution >= 4 is 44.6 Å². The van der Waals surface area contributed by atoms with Crippen molar-refractivity contribution in [3.63, 3.8) is 0 Å². The van der Waals surface area contributed by atoms with Crippen molar-refractivity contribution in [3.05, 3.63) is 88.5 Å². The number of thiophene rings is 1. The third kappa shape index (κ3) is 3.27. The summed E-state index contributed by atoms with van der Waals surface area (Å²) in [6, 6.07) is 15.5. The van der Waals surface area contributed by atoms with Crippen LogP contribution in [-0.2, 0) is 0 Å². The lowest BCUT2D eigenvalue weighted by molar-refractivity contribution is 0.415. The second kappa shape index (κ2) is 7.57. The van der Waals surface area contributed by atoms with Gasteiger partial charge in [-0.3, -0.25) is 14.3 Å². The zero-order chi connectivity index (χ0) is 20.5. The van der Waals surface area contributed by atoms with E-state index in [4.69, 9.17) is 4.74 Å². The Kier molecular flexibility index (Phi) is 4.61. The van der Waals surface area contributed by atoms with Gasteiger partial charge in [-0.05, 0) is 54.1 Å². The SMILES string of the molecule is COc1ccc2nc(/C=C/n3ccc4scc(-c5ccncc5)c4c3=O)ccc2c1. The van der Waals surface area contributed by atoms with E-state index in [0.29, 0.717) is 0 Å². The molecule has 0 aliphatic carbocycles. The molecule has 30 heavy (non-hydrogen) atoms. The van der Waals surface area contributed by atoms with Crippen molar-refractivity contribution in [2.24, 2.45) is 0 Å². The van der Waals surface area contributed by atoms with Gasteiger partial charge in [0.15, 0.2) is 0 Å². The molecule has 146 valence electrons. The van der Waals surface area contributed by atoms with E-state index in [2.05, 4.69) is 9.97 Å². The minimum absolute atomic E-state index is 0.0534. The number of hydrogen-bond donors (Lipinski definition) is 0. The summed E-state index contributed by atoms with van der Waals surface area (Å²) in [5, 5.41) is 3.75. The highest BCUT2D eigenvalue weighted by Gasteiger charge is 2.11. The minimum Gasteiger partial charge on any atom is -0.497 e. The summed E-state index contributed by atoms with van der Waals surface area (Å²) in [6.45, 7) is 0. The summed E-state index contributed by atoms with van der Waals surface area (Å²) in [5.41, 5.74) is 3.52. The fourth-order valence-corrected chi connectivity index (χ4v) is 4.37. The molecule has 6 heteroatoms. The van der Waals surface area contributed by atoms with Crippen LogP contribution < -0.4 is 10.3 Å². The first kappa shape index (κ1) is 18.3. The van der Waals surface area contributed by atoms with Crippen LogP contribution in [0.2, 0.25) is 0 Å². The van der Waals surface area contributed by atoms with E-state index in [-0.39, 0.29) is 5.56 Å². The third-order valence-corrected chi connectivity index (χ3v) is 5.92. The zero-order valence-electron chi connectivity index (χ0n) is 16.1. The van der Waals surface area contributed by atoms with E-state index in [1.54, 1.807) is 47.8 Å². The van der Waals surface area contributed by atoms with Crippen LogP contribution in [0.1, 0.15) is 5.69 Å². The summed E-state index contributed by atoms with van der Waals surface area (Å²) in [5.74, 6) is 0.799. The molecule has 0 aliphatic heterocycles. The molecule has 0 saturated carbocycles. The number of methoxy groups -OCH3 is 1. The molecule has 0 radical (unpaired) electrons. The molecule has 0 atom stereocenters. The number of benzene rings is 1. The van der Waals surface area contributed by atoms with E-state index < -0.39 is 0 Å². The molecule has 0 amide bonds. The van der Waals surface area contributed by atoms with Crippen LogP contribution in [0.5, 0.6) is 5.75 Å². The summed E-state index contributed by atoms with van der Waals surface area (Å²) >= 11 is 1.57. The molecule has 1 aromatic carbocycles. The van der Waals surface area contributed by atoms with Gasteiger partial charge in [0.2, 0.25) is 0 Å². The van der Waals surface area contributed by atoms with Crippen molar-refractivity contribution in [1.82, 2.24) is 14.5 Å². The topological polar surface area (TPSA) is 57.0 Å². The summed E-state index contributed by atoms with van der Waals surface area (Å²) < 4.78 is 7.82. The van der Waals surface area contributed by atoms with Gasteiger partial charge in [-0.25, -0.2) is 4.98 Å². The zero-order valence-corrected chi connectivity index (χ0v) is 17.0. The van der Waals surface area contributed by atoms with Gasteiger partial charge in [0.05, 0.1) is 23.7 Å². The second-order valence-corrected chi connectivity index (χ2v) is 7.67. The standard InChI is InChI=1S/C24H17N3O2S/c1-29-19-4-5-21-17(14-19)2-3-18(26-21)8-12-27-13-9-22-23(24(27)28)20(15-30-22)16-6-10-25-11-7-16/h2-15H,1H3/b12-8+. The molecule has 5 aromatic rings. The minimum atomic E-state index is -0.0534. The highest BCUT2D eigenvalue weighted by atomic mass is 32.1. The molecule has 0 bridgehead atoms. The van der Waals surface area contributed by atoms with Gasteiger partial charge < -0.3 is 4.74 Å². The number of aromatic nitrogens is 3. The first-order chi connectivity index (χ1) is 14.7. The summed E-state index contributed by atoms with van der Waals surface area (Å²) in [4.78, 5) is 21.9. The average molecular weight is 411 g/mol. The Balaban J connectivity index is 1.54. The number of ether oxygens (including phenoxy) is 1. The molecule has 4 aromatic heterocycles. The average Bonchev–Trinajstić information content (AvgIpc) is 3.24. The van der Waals surface area contributed by atoms with E-state index in [1.165, 1.54) is 0 Å². The lowest BCUT2D eigenvalue weighted by Crippen LogP contribution is -2.14. The smallest absolute Gasteiger partial charge is 0.263 e. The van der Waals surface area contributed by atoms with Crippen LogP contribution in [0.4, 0.5) is 0 Å². The van der Waals surface area contributed by atoms with Crippen molar-refractivity contribution in [1.29, 1.82) is 0 Å². The lowest BCUT2D eigenvalue weighted by Gasteiger charge is -2.04. The molecule has 0 N–H and O–H groups in total. The Morgan fingerprint density at radius 1 is 1.07 bits per heavy atom.